The van der Waals surface area contributed by atoms with E-state index >= 15 is 8.78 Å². The first-order valence-corrected chi connectivity index (χ1v) is 20.3. The molecule has 9 rings (SSSR count). The SMILES string of the molecule is O=C1CCC(N2C(=O)c3ccc(N4CCN(CC5CCN(c6c(F)cc([C@H]7c8ccc(O)cc8CC[C@H]7c7ccccc7)cc6F)CC5)CC4)cc3C2=O)C(=O)C1. The Morgan fingerprint density at radius 2 is 1.39 bits per heavy atom. The van der Waals surface area contributed by atoms with Crippen LogP contribution in [0.5, 0.6) is 5.75 Å². The number of piperazine rings is 1. The highest BCUT2D eigenvalue weighted by Crippen LogP contribution is 2.48. The second kappa shape index (κ2) is 15.2. The molecule has 294 valence electrons. The molecule has 1 N–H and O–H groups in total. The maximum absolute atomic E-state index is 16.1. The summed E-state index contributed by atoms with van der Waals surface area (Å²) in [5.41, 5.74) is 5.25. The van der Waals surface area contributed by atoms with E-state index in [0.717, 1.165) is 85.7 Å². The molecule has 2 aliphatic carbocycles. The highest BCUT2D eigenvalue weighted by molar-refractivity contribution is 6.24. The number of nitrogens with zero attached hydrogens (tertiary/aromatic N) is 4. The molecule has 0 bridgehead atoms. The number of hydrogen-bond donors (Lipinski definition) is 1. The van der Waals surface area contributed by atoms with Crippen molar-refractivity contribution < 1.29 is 33.1 Å². The number of aryl methyl sites for hydroxylation is 1. The van der Waals surface area contributed by atoms with E-state index < -0.39 is 29.5 Å². The number of piperidine rings is 1. The summed E-state index contributed by atoms with van der Waals surface area (Å²) in [5.74, 6) is -2.16. The van der Waals surface area contributed by atoms with E-state index in [1.54, 1.807) is 24.3 Å². The summed E-state index contributed by atoms with van der Waals surface area (Å²) in [4.78, 5) is 58.4. The second-order valence-electron chi connectivity index (χ2n) is 16.4. The van der Waals surface area contributed by atoms with E-state index in [-0.39, 0.29) is 54.1 Å². The van der Waals surface area contributed by atoms with Gasteiger partial charge in [-0.25, -0.2) is 8.78 Å². The minimum absolute atomic E-state index is 0.0434. The molecule has 1 unspecified atom stereocenters. The molecule has 3 atom stereocenters. The number of halogens is 2. The number of phenols is 1. The van der Waals surface area contributed by atoms with Gasteiger partial charge in [0.05, 0.1) is 23.6 Å². The van der Waals surface area contributed by atoms with Gasteiger partial charge in [-0.2, -0.15) is 0 Å². The summed E-state index contributed by atoms with van der Waals surface area (Å²) in [6, 6.07) is 22.9. The maximum Gasteiger partial charge on any atom is 0.262 e. The van der Waals surface area contributed by atoms with Crippen LogP contribution in [0.25, 0.3) is 0 Å². The molecule has 57 heavy (non-hydrogen) atoms. The summed E-state index contributed by atoms with van der Waals surface area (Å²) in [6.45, 7) is 5.15. The van der Waals surface area contributed by atoms with Gasteiger partial charge in [-0.05, 0) is 109 Å². The van der Waals surface area contributed by atoms with Crippen LogP contribution in [0.15, 0.2) is 78.9 Å². The number of carbonyl (C=O) groups is 4. The van der Waals surface area contributed by atoms with Gasteiger partial charge >= 0.3 is 0 Å². The Bertz CT molecular complexity index is 2230. The van der Waals surface area contributed by atoms with E-state index in [1.165, 1.54) is 12.1 Å². The molecule has 1 saturated carbocycles. The zero-order valence-corrected chi connectivity index (χ0v) is 31.8. The number of carbonyl (C=O) groups excluding carboxylic acids is 4. The van der Waals surface area contributed by atoms with Crippen molar-refractivity contribution in [2.75, 3.05) is 55.6 Å². The Kier molecular flexibility index (Phi) is 9.88. The fourth-order valence-corrected chi connectivity index (χ4v) is 10.1. The van der Waals surface area contributed by atoms with E-state index in [9.17, 15) is 24.3 Å². The van der Waals surface area contributed by atoms with Crippen molar-refractivity contribution in [3.63, 3.8) is 0 Å². The zero-order chi connectivity index (χ0) is 39.4. The number of rotatable bonds is 7. The summed E-state index contributed by atoms with van der Waals surface area (Å²) in [6.07, 6.45) is 3.37. The number of hydrogen-bond acceptors (Lipinski definition) is 8. The van der Waals surface area contributed by atoms with Crippen LogP contribution >= 0.6 is 0 Å². The normalized spacial score (nSPS) is 23.3. The average molecular weight is 773 g/mol. The van der Waals surface area contributed by atoms with Crippen LogP contribution in [0.2, 0.25) is 0 Å². The number of ketones is 2. The third kappa shape index (κ3) is 7.00. The molecular formula is C46H46F2N4O5. The largest absolute Gasteiger partial charge is 0.508 e. The zero-order valence-electron chi connectivity index (χ0n) is 31.8. The van der Waals surface area contributed by atoms with Gasteiger partial charge in [0.2, 0.25) is 0 Å². The molecule has 3 heterocycles. The van der Waals surface area contributed by atoms with Crippen molar-refractivity contribution in [2.24, 2.45) is 5.92 Å². The first kappa shape index (κ1) is 37.2. The van der Waals surface area contributed by atoms with Crippen molar-refractivity contribution in [1.29, 1.82) is 0 Å². The Morgan fingerprint density at radius 1 is 0.667 bits per heavy atom. The van der Waals surface area contributed by atoms with Crippen LogP contribution < -0.4 is 9.80 Å². The molecule has 5 aliphatic rings. The number of Topliss-reactive ketones (excluding diaryl/α,β-unsaturated/α-hetero) is 2. The van der Waals surface area contributed by atoms with Crippen LogP contribution in [0.4, 0.5) is 20.2 Å². The van der Waals surface area contributed by atoms with Gasteiger partial charge in [-0.1, -0.05) is 36.4 Å². The predicted molar refractivity (Wildman–Crippen MR) is 212 cm³/mol. The standard InChI is InChI=1S/C46H46F2N4O5/c47-39-23-31(43-35(29-4-2-1-3-5-29)10-6-30-22-33(53)8-12-36(30)43)24-40(48)44(39)51-16-14-28(15-17-51)27-49-18-20-50(21-19-49)32-7-11-37-38(25-32)46(57)52(45(37)56)41-13-9-34(54)26-42(41)55/h1-5,7-8,11-12,22-25,28,35,41,43,53H,6,9-10,13-21,26-27H2/t35-,41?,43+/m0/s1. The van der Waals surface area contributed by atoms with Crippen LogP contribution in [-0.2, 0) is 16.0 Å². The second-order valence-corrected chi connectivity index (χ2v) is 16.4. The quantitative estimate of drug-likeness (QED) is 0.161. The lowest BCUT2D eigenvalue weighted by molar-refractivity contribution is -0.132. The van der Waals surface area contributed by atoms with Crippen molar-refractivity contribution in [3.8, 4) is 5.75 Å². The summed E-state index contributed by atoms with van der Waals surface area (Å²) in [7, 11) is 0. The monoisotopic (exact) mass is 772 g/mol. The summed E-state index contributed by atoms with van der Waals surface area (Å²) in [5, 5.41) is 10.2. The highest BCUT2D eigenvalue weighted by atomic mass is 19.1. The lowest BCUT2D eigenvalue weighted by Crippen LogP contribution is -2.49. The molecule has 3 fully saturated rings. The van der Waals surface area contributed by atoms with Gasteiger partial charge in [-0.15, -0.1) is 0 Å². The molecule has 9 nitrogen and oxygen atoms in total. The van der Waals surface area contributed by atoms with Gasteiger partial charge < -0.3 is 14.9 Å². The molecule has 2 amide bonds. The van der Waals surface area contributed by atoms with Crippen molar-refractivity contribution in [2.45, 2.75) is 62.8 Å². The minimum Gasteiger partial charge on any atom is -0.508 e. The van der Waals surface area contributed by atoms with Crippen LogP contribution in [0.3, 0.4) is 0 Å². The van der Waals surface area contributed by atoms with Gasteiger partial charge in [0.15, 0.2) is 5.78 Å². The Balaban J connectivity index is 0.817. The smallest absolute Gasteiger partial charge is 0.262 e. The lowest BCUT2D eigenvalue weighted by atomic mass is 9.69. The van der Waals surface area contributed by atoms with Crippen molar-refractivity contribution in [1.82, 2.24) is 9.80 Å². The number of amides is 2. The molecular weight excluding hydrogens is 727 g/mol. The number of phenolic OH excluding ortho intramolecular Hbond substituents is 1. The molecule has 0 radical (unpaired) electrons. The van der Waals surface area contributed by atoms with Crippen molar-refractivity contribution in [3.05, 3.63) is 124 Å². The van der Waals surface area contributed by atoms with E-state index in [4.69, 9.17) is 0 Å². The van der Waals surface area contributed by atoms with Gasteiger partial charge in [-0.3, -0.25) is 29.0 Å². The average Bonchev–Trinajstić information content (AvgIpc) is 3.46. The van der Waals surface area contributed by atoms with Gasteiger partial charge in [0.1, 0.15) is 28.9 Å². The van der Waals surface area contributed by atoms with Crippen LogP contribution in [0, 0.1) is 17.6 Å². The molecule has 2 saturated heterocycles. The number of aromatic hydroxyl groups is 1. The van der Waals surface area contributed by atoms with Gasteiger partial charge in [0, 0.05) is 63.8 Å². The first-order valence-electron chi connectivity index (χ1n) is 20.3. The van der Waals surface area contributed by atoms with Gasteiger partial charge in [0.25, 0.3) is 11.8 Å². The summed E-state index contributed by atoms with van der Waals surface area (Å²) < 4.78 is 32.2. The topological polar surface area (TPSA) is 101 Å². The third-order valence-electron chi connectivity index (χ3n) is 13.1. The predicted octanol–water partition coefficient (Wildman–Crippen LogP) is 6.86. The van der Waals surface area contributed by atoms with Crippen LogP contribution in [0.1, 0.15) is 93.3 Å². The van der Waals surface area contributed by atoms with E-state index in [1.807, 2.05) is 35.2 Å². The molecule has 3 aliphatic heterocycles. The molecule has 4 aromatic rings. The Hall–Kier alpha value is -5.42. The number of imide groups is 1. The Labute approximate surface area is 330 Å². The first-order chi connectivity index (χ1) is 27.6. The molecule has 0 aromatic heterocycles. The highest BCUT2D eigenvalue weighted by Gasteiger charge is 2.45. The molecule has 0 spiro atoms. The number of benzene rings is 4. The lowest BCUT2D eigenvalue weighted by Gasteiger charge is -2.40. The van der Waals surface area contributed by atoms with Crippen molar-refractivity contribution >= 4 is 34.8 Å². The fourth-order valence-electron chi connectivity index (χ4n) is 10.1. The Morgan fingerprint density at radius 3 is 2.11 bits per heavy atom. The summed E-state index contributed by atoms with van der Waals surface area (Å²) >= 11 is 0. The number of anilines is 2. The molecule has 4 aromatic carbocycles. The van der Waals surface area contributed by atoms with E-state index in [2.05, 4.69) is 21.9 Å². The van der Waals surface area contributed by atoms with Crippen LogP contribution in [-0.4, -0.2) is 90.1 Å². The fraction of sp³-hybridized carbons (Fsp3) is 0.391. The minimum atomic E-state index is -0.886. The number of fused-ring (bicyclic) bond motifs is 2. The molecule has 11 heteroatoms. The third-order valence-corrected chi connectivity index (χ3v) is 13.1. The van der Waals surface area contributed by atoms with E-state index in [0.29, 0.717) is 35.7 Å². The maximum atomic E-state index is 16.1.